The first kappa shape index (κ1) is 17.4. The van der Waals surface area contributed by atoms with Crippen molar-refractivity contribution in [1.82, 2.24) is 5.32 Å². The molecule has 0 rings (SSSR count). The maximum Gasteiger partial charge on any atom is 0.227 e. The monoisotopic (exact) mass is 258 g/mol. The van der Waals surface area contributed by atoms with Crippen LogP contribution in [0, 0.1) is 5.41 Å². The summed E-state index contributed by atoms with van der Waals surface area (Å²) in [7, 11) is 1.65. The molecule has 18 heavy (non-hydrogen) atoms. The zero-order valence-electron chi connectivity index (χ0n) is 12.6. The summed E-state index contributed by atoms with van der Waals surface area (Å²) in [6.07, 6.45) is 3.63. The number of rotatable bonds is 9. The van der Waals surface area contributed by atoms with Gasteiger partial charge in [-0.05, 0) is 26.7 Å². The second kappa shape index (κ2) is 7.74. The largest absolute Gasteiger partial charge is 0.377 e. The highest BCUT2D eigenvalue weighted by Gasteiger charge is 2.35. The van der Waals surface area contributed by atoms with Crippen LogP contribution in [-0.4, -0.2) is 31.7 Å². The van der Waals surface area contributed by atoms with Gasteiger partial charge in [0.15, 0.2) is 0 Å². The molecule has 4 nitrogen and oxygen atoms in total. The zero-order chi connectivity index (χ0) is 14.2. The van der Waals surface area contributed by atoms with Gasteiger partial charge in [-0.25, -0.2) is 0 Å². The highest BCUT2D eigenvalue weighted by molar-refractivity contribution is 5.82. The average Bonchev–Trinajstić information content (AvgIpc) is 2.35. The lowest BCUT2D eigenvalue weighted by atomic mass is 9.78. The molecule has 0 aromatic heterocycles. The van der Waals surface area contributed by atoms with Crippen molar-refractivity contribution in [2.24, 2.45) is 11.1 Å². The third-order valence-electron chi connectivity index (χ3n) is 3.56. The smallest absolute Gasteiger partial charge is 0.227 e. The molecule has 0 atom stereocenters. The number of nitrogens with two attached hydrogens (primary N) is 1. The molecule has 0 saturated heterocycles. The number of hydrogen-bond donors (Lipinski definition) is 2. The Morgan fingerprint density at radius 3 is 2.06 bits per heavy atom. The minimum atomic E-state index is -0.409. The van der Waals surface area contributed by atoms with Crippen molar-refractivity contribution in [3.63, 3.8) is 0 Å². The van der Waals surface area contributed by atoms with Crippen molar-refractivity contribution >= 4 is 5.91 Å². The van der Waals surface area contributed by atoms with E-state index in [0.29, 0.717) is 13.1 Å². The highest BCUT2D eigenvalue weighted by Crippen LogP contribution is 2.29. The summed E-state index contributed by atoms with van der Waals surface area (Å²) < 4.78 is 5.31. The number of carbonyl (C=O) groups is 1. The summed E-state index contributed by atoms with van der Waals surface area (Å²) in [5, 5.41) is 2.99. The quantitative estimate of drug-likeness (QED) is 0.665. The second-order valence-corrected chi connectivity index (χ2v) is 5.63. The van der Waals surface area contributed by atoms with E-state index >= 15 is 0 Å². The topological polar surface area (TPSA) is 64.4 Å². The van der Waals surface area contributed by atoms with Crippen molar-refractivity contribution < 1.29 is 9.53 Å². The van der Waals surface area contributed by atoms with Crippen LogP contribution in [0.2, 0.25) is 0 Å². The van der Waals surface area contributed by atoms with Crippen LogP contribution >= 0.6 is 0 Å². The van der Waals surface area contributed by atoms with Crippen molar-refractivity contribution in [3.8, 4) is 0 Å². The average molecular weight is 258 g/mol. The highest BCUT2D eigenvalue weighted by atomic mass is 16.5. The molecule has 0 aliphatic heterocycles. The van der Waals surface area contributed by atoms with E-state index in [1.165, 1.54) is 0 Å². The number of hydrogen-bond acceptors (Lipinski definition) is 3. The molecule has 4 heteroatoms. The van der Waals surface area contributed by atoms with E-state index < -0.39 is 5.41 Å². The van der Waals surface area contributed by atoms with Crippen LogP contribution < -0.4 is 11.1 Å². The molecule has 0 aliphatic rings. The Morgan fingerprint density at radius 2 is 1.72 bits per heavy atom. The fourth-order valence-corrected chi connectivity index (χ4v) is 2.16. The lowest BCUT2D eigenvalue weighted by Gasteiger charge is -2.32. The van der Waals surface area contributed by atoms with E-state index in [4.69, 9.17) is 10.5 Å². The fraction of sp³-hybridized carbons (Fsp3) is 0.929. The van der Waals surface area contributed by atoms with Gasteiger partial charge in [-0.2, -0.15) is 0 Å². The molecule has 108 valence electrons. The van der Waals surface area contributed by atoms with Gasteiger partial charge in [0, 0.05) is 20.2 Å². The van der Waals surface area contributed by atoms with Crippen LogP contribution in [0.25, 0.3) is 0 Å². The van der Waals surface area contributed by atoms with Gasteiger partial charge in [0.2, 0.25) is 5.91 Å². The zero-order valence-corrected chi connectivity index (χ0v) is 12.6. The Labute approximate surface area is 112 Å². The first-order valence-corrected chi connectivity index (χ1v) is 6.91. The summed E-state index contributed by atoms with van der Waals surface area (Å²) in [5.74, 6) is 0.0684. The maximum atomic E-state index is 12.4. The van der Waals surface area contributed by atoms with E-state index in [9.17, 15) is 4.79 Å². The predicted molar refractivity (Wildman–Crippen MR) is 75.4 cm³/mol. The summed E-state index contributed by atoms with van der Waals surface area (Å²) in [5.41, 5.74) is 5.11. The molecule has 0 aromatic carbocycles. The Bertz CT molecular complexity index is 246. The first-order chi connectivity index (χ1) is 8.37. The minimum Gasteiger partial charge on any atom is -0.377 e. The molecule has 3 N–H and O–H groups in total. The molecule has 0 spiro atoms. The third kappa shape index (κ3) is 4.94. The number of ether oxygens (including phenoxy) is 1. The van der Waals surface area contributed by atoms with Crippen LogP contribution in [0.15, 0.2) is 0 Å². The number of methoxy groups -OCH3 is 1. The first-order valence-electron chi connectivity index (χ1n) is 6.91. The van der Waals surface area contributed by atoms with E-state index in [2.05, 4.69) is 19.2 Å². The molecule has 0 unspecified atom stereocenters. The van der Waals surface area contributed by atoms with Gasteiger partial charge in [-0.15, -0.1) is 0 Å². The fourth-order valence-electron chi connectivity index (χ4n) is 2.16. The molecule has 0 fully saturated rings. The molecule has 0 bridgehead atoms. The van der Waals surface area contributed by atoms with E-state index in [1.807, 2.05) is 13.8 Å². The summed E-state index contributed by atoms with van der Waals surface area (Å²) >= 11 is 0. The maximum absolute atomic E-state index is 12.4. The lowest BCUT2D eigenvalue weighted by Crippen LogP contribution is -2.49. The molecular weight excluding hydrogens is 228 g/mol. The van der Waals surface area contributed by atoms with Gasteiger partial charge in [0.05, 0.1) is 11.0 Å². The number of carbonyl (C=O) groups excluding carboxylic acids is 1. The van der Waals surface area contributed by atoms with Gasteiger partial charge in [-0.3, -0.25) is 4.79 Å². The second-order valence-electron chi connectivity index (χ2n) is 5.63. The van der Waals surface area contributed by atoms with Gasteiger partial charge in [0.25, 0.3) is 0 Å². The van der Waals surface area contributed by atoms with E-state index in [-0.39, 0.29) is 11.5 Å². The Kier molecular flexibility index (Phi) is 7.48. The van der Waals surface area contributed by atoms with Crippen molar-refractivity contribution in [2.75, 3.05) is 20.2 Å². The molecule has 0 aromatic rings. The standard InChI is InChI=1S/C14H30N2O2/c1-6-8-14(10-15,9-7-2)12(17)16-11-13(3,4)18-5/h6-11,15H2,1-5H3,(H,16,17). The lowest BCUT2D eigenvalue weighted by molar-refractivity contribution is -0.132. The Hall–Kier alpha value is -0.610. The molecule has 0 radical (unpaired) electrons. The normalized spacial score (nSPS) is 12.6. The van der Waals surface area contributed by atoms with Crippen LogP contribution in [0.1, 0.15) is 53.4 Å². The molecule has 0 heterocycles. The summed E-state index contributed by atoms with van der Waals surface area (Å²) in [6.45, 7) is 9.01. The van der Waals surface area contributed by atoms with Crippen LogP contribution in [0.3, 0.4) is 0 Å². The van der Waals surface area contributed by atoms with Gasteiger partial charge >= 0.3 is 0 Å². The number of nitrogens with one attached hydrogen (secondary N) is 1. The van der Waals surface area contributed by atoms with E-state index in [1.54, 1.807) is 7.11 Å². The summed E-state index contributed by atoms with van der Waals surface area (Å²) in [4.78, 5) is 12.4. The molecule has 0 saturated carbocycles. The molecule has 0 aliphatic carbocycles. The summed E-state index contributed by atoms with van der Waals surface area (Å²) in [6, 6.07) is 0. The van der Waals surface area contributed by atoms with Crippen LogP contribution in [0.4, 0.5) is 0 Å². The van der Waals surface area contributed by atoms with Crippen LogP contribution in [0.5, 0.6) is 0 Å². The molecule has 1 amide bonds. The Morgan fingerprint density at radius 1 is 1.22 bits per heavy atom. The van der Waals surface area contributed by atoms with Crippen molar-refractivity contribution in [3.05, 3.63) is 0 Å². The Balaban J connectivity index is 4.65. The predicted octanol–water partition coefficient (Wildman–Crippen LogP) is 2.07. The SMILES string of the molecule is CCCC(CN)(CCC)C(=O)NCC(C)(C)OC. The minimum absolute atomic E-state index is 0.0684. The van der Waals surface area contributed by atoms with Gasteiger partial charge < -0.3 is 15.8 Å². The van der Waals surface area contributed by atoms with Crippen molar-refractivity contribution in [1.29, 1.82) is 0 Å². The third-order valence-corrected chi connectivity index (χ3v) is 3.56. The van der Waals surface area contributed by atoms with E-state index in [0.717, 1.165) is 25.7 Å². The van der Waals surface area contributed by atoms with Crippen LogP contribution in [-0.2, 0) is 9.53 Å². The van der Waals surface area contributed by atoms with Crippen molar-refractivity contribution in [2.45, 2.75) is 59.0 Å². The molecular formula is C14H30N2O2. The number of amides is 1. The van der Waals surface area contributed by atoms with Gasteiger partial charge in [0.1, 0.15) is 0 Å². The van der Waals surface area contributed by atoms with Gasteiger partial charge in [-0.1, -0.05) is 26.7 Å².